The Kier molecular flexibility index (Phi) is 3.78. The van der Waals surface area contributed by atoms with Crippen LogP contribution in [0.1, 0.15) is 30.9 Å². The van der Waals surface area contributed by atoms with Crippen molar-refractivity contribution in [2.24, 2.45) is 5.73 Å². The molecule has 3 heteroatoms. The van der Waals surface area contributed by atoms with Crippen molar-refractivity contribution in [3.63, 3.8) is 0 Å². The van der Waals surface area contributed by atoms with E-state index in [-0.39, 0.29) is 0 Å². The van der Waals surface area contributed by atoms with E-state index in [0.717, 1.165) is 11.1 Å². The molecule has 0 spiro atoms. The van der Waals surface area contributed by atoms with Gasteiger partial charge in [-0.05, 0) is 42.1 Å². The van der Waals surface area contributed by atoms with Crippen molar-refractivity contribution >= 4 is 11.6 Å². The lowest BCUT2D eigenvalue weighted by Crippen LogP contribution is -2.03. The van der Waals surface area contributed by atoms with Crippen LogP contribution in [-0.4, -0.2) is 11.7 Å². The fourth-order valence-electron chi connectivity index (χ4n) is 1.42. The van der Waals surface area contributed by atoms with Gasteiger partial charge in [0.05, 0.1) is 0 Å². The molecule has 0 aliphatic carbocycles. The lowest BCUT2D eigenvalue weighted by molar-refractivity contribution is 0.467. The summed E-state index contributed by atoms with van der Waals surface area (Å²) in [5.74, 6) is 0.615. The zero-order chi connectivity index (χ0) is 10.7. The smallest absolute Gasteiger partial charge is 0.119 e. The minimum Gasteiger partial charge on any atom is -0.508 e. The second-order valence-corrected chi connectivity index (χ2v) is 4.10. The van der Waals surface area contributed by atoms with Gasteiger partial charge < -0.3 is 10.8 Å². The molecule has 78 valence electrons. The number of benzene rings is 1. The Morgan fingerprint density at radius 3 is 2.57 bits per heavy atom. The summed E-state index contributed by atoms with van der Waals surface area (Å²) in [4.78, 5) is 0. The van der Waals surface area contributed by atoms with Gasteiger partial charge in [-0.2, -0.15) is 0 Å². The van der Waals surface area contributed by atoms with Crippen LogP contribution in [0.2, 0.25) is 5.02 Å². The number of rotatable bonds is 3. The summed E-state index contributed by atoms with van der Waals surface area (Å²) in [6.07, 6.45) is 0.657. The van der Waals surface area contributed by atoms with E-state index in [1.54, 1.807) is 12.1 Å². The first-order valence-corrected chi connectivity index (χ1v) is 5.15. The Bertz CT molecular complexity index is 323. The van der Waals surface area contributed by atoms with Gasteiger partial charge in [-0.15, -0.1) is 0 Å². The normalized spacial score (nSPS) is 10.9. The first kappa shape index (κ1) is 11.3. The Morgan fingerprint density at radius 1 is 1.43 bits per heavy atom. The summed E-state index contributed by atoms with van der Waals surface area (Å²) in [5.41, 5.74) is 7.22. The van der Waals surface area contributed by atoms with Crippen molar-refractivity contribution in [3.05, 3.63) is 28.3 Å². The molecule has 0 unspecified atom stereocenters. The molecule has 0 radical (unpaired) electrons. The highest BCUT2D eigenvalue weighted by Gasteiger charge is 2.09. The minimum absolute atomic E-state index is 0.295. The van der Waals surface area contributed by atoms with E-state index in [1.165, 1.54) is 0 Å². The maximum Gasteiger partial charge on any atom is 0.119 e. The van der Waals surface area contributed by atoms with Gasteiger partial charge >= 0.3 is 0 Å². The summed E-state index contributed by atoms with van der Waals surface area (Å²) in [6, 6.07) is 3.54. The highest BCUT2D eigenvalue weighted by molar-refractivity contribution is 6.31. The van der Waals surface area contributed by atoms with Crippen molar-refractivity contribution < 1.29 is 5.11 Å². The van der Waals surface area contributed by atoms with Crippen LogP contribution in [-0.2, 0) is 6.42 Å². The Labute approximate surface area is 89.7 Å². The lowest BCUT2D eigenvalue weighted by Gasteiger charge is -2.11. The first-order valence-electron chi connectivity index (χ1n) is 4.77. The maximum atomic E-state index is 9.68. The van der Waals surface area contributed by atoms with Gasteiger partial charge in [0.2, 0.25) is 0 Å². The summed E-state index contributed by atoms with van der Waals surface area (Å²) in [7, 11) is 0. The molecule has 0 amide bonds. The molecule has 0 aliphatic heterocycles. The maximum absolute atomic E-state index is 9.68. The van der Waals surface area contributed by atoms with Crippen molar-refractivity contribution in [3.8, 4) is 5.75 Å². The van der Waals surface area contributed by atoms with Crippen LogP contribution in [0.3, 0.4) is 0 Å². The second-order valence-electron chi connectivity index (χ2n) is 3.70. The molecule has 0 aromatic heterocycles. The second kappa shape index (κ2) is 4.67. The molecule has 14 heavy (non-hydrogen) atoms. The molecule has 3 N–H and O–H groups in total. The third-order valence-electron chi connectivity index (χ3n) is 2.23. The summed E-state index contributed by atoms with van der Waals surface area (Å²) >= 11 is 6.08. The molecule has 0 aliphatic rings. The van der Waals surface area contributed by atoms with Crippen LogP contribution < -0.4 is 5.73 Å². The average Bonchev–Trinajstić information content (AvgIpc) is 2.10. The SMILES string of the molecule is CC(C)c1cc(O)c(CCN)cc1Cl. The fourth-order valence-corrected chi connectivity index (χ4v) is 1.82. The minimum atomic E-state index is 0.295. The quantitative estimate of drug-likeness (QED) is 0.811. The van der Waals surface area contributed by atoms with Gasteiger partial charge in [-0.1, -0.05) is 25.4 Å². The Balaban J connectivity index is 3.10. The predicted octanol–water partition coefficient (Wildman–Crippen LogP) is 2.67. The Morgan fingerprint density at radius 2 is 2.07 bits per heavy atom. The van der Waals surface area contributed by atoms with E-state index in [9.17, 15) is 5.11 Å². The molecule has 0 saturated carbocycles. The summed E-state index contributed by atoms with van der Waals surface area (Å²) in [6.45, 7) is 4.61. The molecule has 0 atom stereocenters. The lowest BCUT2D eigenvalue weighted by atomic mass is 9.99. The van der Waals surface area contributed by atoms with E-state index in [2.05, 4.69) is 0 Å². The number of phenolic OH excluding ortho intramolecular Hbond substituents is 1. The topological polar surface area (TPSA) is 46.2 Å². The van der Waals surface area contributed by atoms with Crippen LogP contribution in [0.5, 0.6) is 5.75 Å². The molecule has 1 aromatic carbocycles. The van der Waals surface area contributed by atoms with Gasteiger partial charge in [0, 0.05) is 5.02 Å². The largest absolute Gasteiger partial charge is 0.508 e. The number of halogens is 1. The van der Waals surface area contributed by atoms with E-state index in [0.29, 0.717) is 29.7 Å². The third kappa shape index (κ3) is 2.40. The number of hydrogen-bond donors (Lipinski definition) is 2. The number of hydrogen-bond acceptors (Lipinski definition) is 2. The summed E-state index contributed by atoms with van der Waals surface area (Å²) < 4.78 is 0. The zero-order valence-electron chi connectivity index (χ0n) is 8.55. The number of aromatic hydroxyl groups is 1. The van der Waals surface area contributed by atoms with Crippen LogP contribution in [0.25, 0.3) is 0 Å². The third-order valence-corrected chi connectivity index (χ3v) is 2.56. The van der Waals surface area contributed by atoms with Crippen molar-refractivity contribution in [1.29, 1.82) is 0 Å². The highest BCUT2D eigenvalue weighted by atomic mass is 35.5. The van der Waals surface area contributed by atoms with E-state index in [1.807, 2.05) is 13.8 Å². The number of phenols is 1. The molecule has 0 bridgehead atoms. The van der Waals surface area contributed by atoms with Gasteiger partial charge in [0.1, 0.15) is 5.75 Å². The Hall–Kier alpha value is -0.730. The van der Waals surface area contributed by atoms with Crippen LogP contribution in [0.4, 0.5) is 0 Å². The highest BCUT2D eigenvalue weighted by Crippen LogP contribution is 2.31. The molecule has 0 saturated heterocycles. The van der Waals surface area contributed by atoms with Crippen molar-refractivity contribution in [2.45, 2.75) is 26.2 Å². The van der Waals surface area contributed by atoms with Crippen LogP contribution in [0.15, 0.2) is 12.1 Å². The molecule has 2 nitrogen and oxygen atoms in total. The monoisotopic (exact) mass is 213 g/mol. The van der Waals surface area contributed by atoms with Crippen molar-refractivity contribution in [2.75, 3.05) is 6.54 Å². The molecule has 0 fully saturated rings. The molecular weight excluding hydrogens is 198 g/mol. The predicted molar refractivity (Wildman–Crippen MR) is 60.0 cm³/mol. The van der Waals surface area contributed by atoms with Crippen LogP contribution >= 0.6 is 11.6 Å². The van der Waals surface area contributed by atoms with E-state index in [4.69, 9.17) is 17.3 Å². The number of nitrogens with two attached hydrogens (primary N) is 1. The van der Waals surface area contributed by atoms with Gasteiger partial charge in [0.25, 0.3) is 0 Å². The zero-order valence-corrected chi connectivity index (χ0v) is 9.30. The van der Waals surface area contributed by atoms with Crippen molar-refractivity contribution in [1.82, 2.24) is 0 Å². The summed E-state index contributed by atoms with van der Waals surface area (Å²) in [5, 5.41) is 10.4. The van der Waals surface area contributed by atoms with E-state index >= 15 is 0 Å². The van der Waals surface area contributed by atoms with Gasteiger partial charge in [-0.3, -0.25) is 0 Å². The molecule has 1 aromatic rings. The van der Waals surface area contributed by atoms with Gasteiger partial charge in [-0.25, -0.2) is 0 Å². The van der Waals surface area contributed by atoms with Gasteiger partial charge in [0.15, 0.2) is 0 Å². The van der Waals surface area contributed by atoms with E-state index < -0.39 is 0 Å². The molecule has 1 rings (SSSR count). The van der Waals surface area contributed by atoms with Crippen LogP contribution in [0, 0.1) is 0 Å². The molecular formula is C11H16ClNO. The average molecular weight is 214 g/mol. The standard InChI is InChI=1S/C11H16ClNO/c1-7(2)9-6-11(14)8(3-4-13)5-10(9)12/h5-7,14H,3-4,13H2,1-2H3. The first-order chi connectivity index (χ1) is 6.56. The molecule has 0 heterocycles. The fraction of sp³-hybridized carbons (Fsp3) is 0.455.